The summed E-state index contributed by atoms with van der Waals surface area (Å²) in [5.74, 6) is 0.715. The van der Waals surface area contributed by atoms with E-state index in [4.69, 9.17) is 22.1 Å². The molecule has 2 rings (SSSR count). The smallest absolute Gasteiger partial charge is 0.224 e. The maximum absolute atomic E-state index is 5.96. The third-order valence-electron chi connectivity index (χ3n) is 2.63. The van der Waals surface area contributed by atoms with Crippen molar-refractivity contribution in [3.05, 3.63) is 11.0 Å². The number of anilines is 2. The molecular weight excluding hydrogens is 228 g/mol. The summed E-state index contributed by atoms with van der Waals surface area (Å²) in [5, 5.41) is 0.237. The van der Waals surface area contributed by atoms with Crippen LogP contribution in [0.2, 0.25) is 5.28 Å². The van der Waals surface area contributed by atoms with E-state index in [0.29, 0.717) is 23.8 Å². The Morgan fingerprint density at radius 2 is 2.25 bits per heavy atom. The Bertz CT molecular complexity index is 399. The molecular formula is C10H15ClN4O. The summed E-state index contributed by atoms with van der Waals surface area (Å²) in [6, 6.07) is 0. The Kier molecular flexibility index (Phi) is 3.16. The van der Waals surface area contributed by atoms with Crippen LogP contribution in [0.4, 0.5) is 11.5 Å². The molecule has 1 aliphatic rings. The van der Waals surface area contributed by atoms with E-state index < -0.39 is 0 Å². The Morgan fingerprint density at radius 3 is 2.94 bits per heavy atom. The highest BCUT2D eigenvalue weighted by Crippen LogP contribution is 2.25. The van der Waals surface area contributed by atoms with Crippen molar-refractivity contribution in [3.63, 3.8) is 0 Å². The Hall–Kier alpha value is -1.07. The van der Waals surface area contributed by atoms with Gasteiger partial charge in [-0.2, -0.15) is 4.98 Å². The number of rotatable bonds is 1. The first-order valence-corrected chi connectivity index (χ1v) is 5.62. The summed E-state index contributed by atoms with van der Waals surface area (Å²) in [7, 11) is 0. The van der Waals surface area contributed by atoms with E-state index in [2.05, 4.69) is 14.9 Å². The van der Waals surface area contributed by atoms with Gasteiger partial charge in [0.25, 0.3) is 0 Å². The molecule has 2 N–H and O–H groups in total. The summed E-state index contributed by atoms with van der Waals surface area (Å²) in [6.07, 6.45) is 0.183. The first-order chi connectivity index (χ1) is 7.58. The highest BCUT2D eigenvalue weighted by atomic mass is 35.5. The minimum atomic E-state index is 0.183. The normalized spacial score (nSPS) is 21.2. The van der Waals surface area contributed by atoms with Crippen molar-refractivity contribution in [3.8, 4) is 0 Å². The quantitative estimate of drug-likeness (QED) is 0.751. The largest absolute Gasteiger partial charge is 0.394 e. The molecule has 6 heteroatoms. The van der Waals surface area contributed by atoms with Crippen LogP contribution < -0.4 is 10.6 Å². The average molecular weight is 243 g/mol. The zero-order chi connectivity index (χ0) is 11.7. The van der Waals surface area contributed by atoms with E-state index in [9.17, 15) is 0 Å². The highest BCUT2D eigenvalue weighted by Gasteiger charge is 2.21. The molecule has 5 nitrogen and oxygen atoms in total. The van der Waals surface area contributed by atoms with Crippen molar-refractivity contribution in [2.45, 2.75) is 20.0 Å². The lowest BCUT2D eigenvalue weighted by molar-refractivity contribution is 0.0530. The summed E-state index contributed by atoms with van der Waals surface area (Å²) in [6.45, 7) is 6.09. The molecule has 0 radical (unpaired) electrons. The van der Waals surface area contributed by atoms with Gasteiger partial charge in [-0.3, -0.25) is 0 Å². The van der Waals surface area contributed by atoms with E-state index in [1.807, 2.05) is 13.8 Å². The molecule has 88 valence electrons. The van der Waals surface area contributed by atoms with Gasteiger partial charge in [-0.25, -0.2) is 4.98 Å². The summed E-state index contributed by atoms with van der Waals surface area (Å²) < 4.78 is 5.47. The van der Waals surface area contributed by atoms with Gasteiger partial charge in [0.15, 0.2) is 5.82 Å². The maximum atomic E-state index is 5.96. The number of aryl methyl sites for hydroxylation is 1. The summed E-state index contributed by atoms with van der Waals surface area (Å²) >= 11 is 5.84. The molecule has 16 heavy (non-hydrogen) atoms. The number of nitrogens with two attached hydrogens (primary N) is 1. The first-order valence-electron chi connectivity index (χ1n) is 5.24. The fourth-order valence-electron chi connectivity index (χ4n) is 1.78. The Balaban J connectivity index is 2.32. The molecule has 0 bridgehead atoms. The molecule has 0 aromatic carbocycles. The van der Waals surface area contributed by atoms with Gasteiger partial charge in [-0.15, -0.1) is 0 Å². The number of halogens is 1. The summed E-state index contributed by atoms with van der Waals surface area (Å²) in [5.41, 5.74) is 7.27. The minimum absolute atomic E-state index is 0.183. The third kappa shape index (κ3) is 2.20. The van der Waals surface area contributed by atoms with Crippen molar-refractivity contribution in [1.29, 1.82) is 0 Å². The van der Waals surface area contributed by atoms with Crippen molar-refractivity contribution >= 4 is 23.1 Å². The topological polar surface area (TPSA) is 64.3 Å². The average Bonchev–Trinajstić information content (AvgIpc) is 2.23. The van der Waals surface area contributed by atoms with Gasteiger partial charge >= 0.3 is 0 Å². The molecule has 0 aliphatic carbocycles. The lowest BCUT2D eigenvalue weighted by atomic mass is 10.2. The highest BCUT2D eigenvalue weighted by molar-refractivity contribution is 6.28. The van der Waals surface area contributed by atoms with Crippen LogP contribution in [0.15, 0.2) is 0 Å². The van der Waals surface area contributed by atoms with Crippen molar-refractivity contribution < 1.29 is 4.74 Å². The molecule has 1 aliphatic heterocycles. The van der Waals surface area contributed by atoms with Gasteiger partial charge in [0.2, 0.25) is 5.28 Å². The lowest BCUT2D eigenvalue weighted by Crippen LogP contribution is -2.42. The van der Waals surface area contributed by atoms with Gasteiger partial charge in [0, 0.05) is 13.1 Å². The number of aromatic nitrogens is 2. The number of hydrogen-bond acceptors (Lipinski definition) is 5. The molecule has 1 unspecified atom stereocenters. The third-order valence-corrected chi connectivity index (χ3v) is 2.80. The number of nitrogens with zero attached hydrogens (tertiary/aromatic N) is 3. The standard InChI is InChI=1S/C10H15ClN4O/c1-6-5-15(3-4-16-6)9-8(12)7(2)13-10(11)14-9/h6H,3-5,12H2,1-2H3. The first kappa shape index (κ1) is 11.4. The van der Waals surface area contributed by atoms with Crippen LogP contribution in [-0.4, -0.2) is 35.8 Å². The van der Waals surface area contributed by atoms with Gasteiger partial charge in [-0.1, -0.05) is 0 Å². The van der Waals surface area contributed by atoms with Gasteiger partial charge < -0.3 is 15.4 Å². The van der Waals surface area contributed by atoms with Crippen molar-refractivity contribution in [2.75, 3.05) is 30.3 Å². The molecule has 1 atom stereocenters. The molecule has 1 saturated heterocycles. The van der Waals surface area contributed by atoms with Gasteiger partial charge in [0.05, 0.1) is 24.1 Å². The Labute approximate surface area is 99.6 Å². The molecule has 1 fully saturated rings. The second-order valence-electron chi connectivity index (χ2n) is 3.94. The monoisotopic (exact) mass is 242 g/mol. The van der Waals surface area contributed by atoms with Crippen LogP contribution in [0.5, 0.6) is 0 Å². The number of morpholine rings is 1. The molecule has 0 amide bonds. The SMILES string of the molecule is Cc1nc(Cl)nc(N2CCOC(C)C2)c1N. The van der Waals surface area contributed by atoms with Crippen LogP contribution in [0.1, 0.15) is 12.6 Å². The zero-order valence-corrected chi connectivity index (χ0v) is 10.2. The van der Waals surface area contributed by atoms with E-state index in [1.54, 1.807) is 0 Å². The van der Waals surface area contributed by atoms with E-state index in [0.717, 1.165) is 13.1 Å². The number of nitrogen functional groups attached to an aromatic ring is 1. The molecule has 2 heterocycles. The predicted molar refractivity (Wildman–Crippen MR) is 63.8 cm³/mol. The minimum Gasteiger partial charge on any atom is -0.394 e. The lowest BCUT2D eigenvalue weighted by Gasteiger charge is -2.32. The van der Waals surface area contributed by atoms with Crippen LogP contribution >= 0.6 is 11.6 Å². The fraction of sp³-hybridized carbons (Fsp3) is 0.600. The molecule has 1 aromatic rings. The van der Waals surface area contributed by atoms with E-state index in [-0.39, 0.29) is 11.4 Å². The van der Waals surface area contributed by atoms with Gasteiger partial charge in [-0.05, 0) is 25.4 Å². The number of hydrogen-bond donors (Lipinski definition) is 1. The van der Waals surface area contributed by atoms with Crippen molar-refractivity contribution in [2.24, 2.45) is 0 Å². The van der Waals surface area contributed by atoms with E-state index >= 15 is 0 Å². The zero-order valence-electron chi connectivity index (χ0n) is 9.40. The Morgan fingerprint density at radius 1 is 1.50 bits per heavy atom. The van der Waals surface area contributed by atoms with Crippen molar-refractivity contribution in [1.82, 2.24) is 9.97 Å². The predicted octanol–water partition coefficient (Wildman–Crippen LogP) is 1.25. The van der Waals surface area contributed by atoms with E-state index in [1.165, 1.54) is 0 Å². The molecule has 0 saturated carbocycles. The van der Waals surface area contributed by atoms with Crippen LogP contribution in [0.25, 0.3) is 0 Å². The van der Waals surface area contributed by atoms with Gasteiger partial charge in [0.1, 0.15) is 0 Å². The van der Waals surface area contributed by atoms with Crippen LogP contribution in [0.3, 0.4) is 0 Å². The molecule has 1 aromatic heterocycles. The van der Waals surface area contributed by atoms with Crippen LogP contribution in [0, 0.1) is 6.92 Å². The second-order valence-corrected chi connectivity index (χ2v) is 4.28. The second kappa shape index (κ2) is 4.43. The maximum Gasteiger partial charge on any atom is 0.224 e. The summed E-state index contributed by atoms with van der Waals surface area (Å²) in [4.78, 5) is 10.3. The van der Waals surface area contributed by atoms with Crippen LogP contribution in [-0.2, 0) is 4.74 Å². The molecule has 0 spiro atoms. The number of ether oxygens (including phenoxy) is 1. The fourth-order valence-corrected chi connectivity index (χ4v) is 1.99.